The van der Waals surface area contributed by atoms with Crippen molar-refractivity contribution in [2.75, 3.05) is 6.67 Å². The first-order valence-electron chi connectivity index (χ1n) is 1.80. The molecule has 0 aromatic rings. The van der Waals surface area contributed by atoms with Gasteiger partial charge >= 0.3 is 0 Å². The van der Waals surface area contributed by atoms with Crippen molar-refractivity contribution in [3.63, 3.8) is 0 Å². The zero-order valence-electron chi connectivity index (χ0n) is 3.62. The van der Waals surface area contributed by atoms with E-state index in [1.165, 1.54) is 6.92 Å². The number of halogens is 2. The molecule has 0 bridgehead atoms. The SMILES string of the molecule is CC(F)[CH]CF. The fourth-order valence-electron chi connectivity index (χ4n) is 0.123. The third-order valence-electron chi connectivity index (χ3n) is 0.414. The highest BCUT2D eigenvalue weighted by Crippen LogP contribution is 1.91. The van der Waals surface area contributed by atoms with Crippen LogP contribution in [0.5, 0.6) is 0 Å². The molecule has 0 amide bonds. The Labute approximate surface area is 36.2 Å². The van der Waals surface area contributed by atoms with Gasteiger partial charge in [0, 0.05) is 6.42 Å². The molecule has 1 unspecified atom stereocenters. The Morgan fingerprint density at radius 2 is 2.33 bits per heavy atom. The second-order valence-electron chi connectivity index (χ2n) is 1.07. The van der Waals surface area contributed by atoms with E-state index in [1.807, 2.05) is 0 Å². The van der Waals surface area contributed by atoms with Crippen molar-refractivity contribution < 1.29 is 8.78 Å². The van der Waals surface area contributed by atoms with Crippen LogP contribution in [0.15, 0.2) is 0 Å². The van der Waals surface area contributed by atoms with Crippen LogP contribution < -0.4 is 0 Å². The Kier molecular flexibility index (Phi) is 2.99. The molecule has 0 nitrogen and oxygen atoms in total. The predicted octanol–water partition coefficient (Wildman–Crippen LogP) is 1.52. The molecule has 0 rings (SSSR count). The normalized spacial score (nSPS) is 14.5. The fourth-order valence-corrected chi connectivity index (χ4v) is 0.123. The van der Waals surface area contributed by atoms with Gasteiger partial charge in [0.05, 0.1) is 6.67 Å². The Morgan fingerprint density at radius 3 is 2.33 bits per heavy atom. The van der Waals surface area contributed by atoms with Crippen LogP contribution in [-0.2, 0) is 0 Å². The van der Waals surface area contributed by atoms with Crippen LogP contribution in [0.2, 0.25) is 0 Å². The third kappa shape index (κ3) is 3.86. The van der Waals surface area contributed by atoms with Crippen LogP contribution in [0.3, 0.4) is 0 Å². The lowest BCUT2D eigenvalue weighted by atomic mass is 10.3. The Hall–Kier alpha value is -0.140. The summed E-state index contributed by atoms with van der Waals surface area (Å²) in [5, 5.41) is 0. The van der Waals surface area contributed by atoms with Gasteiger partial charge < -0.3 is 0 Å². The second-order valence-corrected chi connectivity index (χ2v) is 1.07. The molecule has 0 saturated carbocycles. The summed E-state index contributed by atoms with van der Waals surface area (Å²) >= 11 is 0. The van der Waals surface area contributed by atoms with E-state index in [4.69, 9.17) is 0 Å². The molecule has 1 radical (unpaired) electrons. The van der Waals surface area contributed by atoms with E-state index in [9.17, 15) is 8.78 Å². The molecule has 0 spiro atoms. The molecule has 0 saturated heterocycles. The summed E-state index contributed by atoms with van der Waals surface area (Å²) in [6, 6.07) is 0. The molecule has 0 aromatic heterocycles. The van der Waals surface area contributed by atoms with Gasteiger partial charge in [-0.1, -0.05) is 0 Å². The Balaban J connectivity index is 2.63. The minimum Gasteiger partial charge on any atom is -0.251 e. The minimum atomic E-state index is -1.10. The maximum Gasteiger partial charge on any atom is 0.103 e. The molecule has 2 heteroatoms. The van der Waals surface area contributed by atoms with E-state index in [1.54, 1.807) is 0 Å². The zero-order chi connectivity index (χ0) is 4.99. The van der Waals surface area contributed by atoms with Gasteiger partial charge in [-0.05, 0) is 6.92 Å². The number of alkyl halides is 2. The summed E-state index contributed by atoms with van der Waals surface area (Å²) in [5.41, 5.74) is 0. The molecule has 0 aliphatic rings. The second kappa shape index (κ2) is 3.07. The average Bonchev–Trinajstić information content (AvgIpc) is 1.35. The number of hydrogen-bond acceptors (Lipinski definition) is 0. The van der Waals surface area contributed by atoms with Gasteiger partial charge in [0.25, 0.3) is 0 Å². The quantitative estimate of drug-likeness (QED) is 0.485. The van der Waals surface area contributed by atoms with Gasteiger partial charge in [-0.2, -0.15) is 0 Å². The summed E-state index contributed by atoms with van der Waals surface area (Å²) in [5.74, 6) is 0. The van der Waals surface area contributed by atoms with E-state index in [2.05, 4.69) is 0 Å². The van der Waals surface area contributed by atoms with Crippen molar-refractivity contribution in [3.05, 3.63) is 6.42 Å². The fraction of sp³-hybridized carbons (Fsp3) is 0.750. The van der Waals surface area contributed by atoms with Crippen LogP contribution in [0.4, 0.5) is 8.78 Å². The molecule has 1 atom stereocenters. The van der Waals surface area contributed by atoms with Crippen molar-refractivity contribution >= 4 is 0 Å². The predicted molar refractivity (Wildman–Crippen MR) is 20.8 cm³/mol. The van der Waals surface area contributed by atoms with Crippen molar-refractivity contribution in [1.82, 2.24) is 0 Å². The molecule has 0 aliphatic carbocycles. The number of hydrogen-bond donors (Lipinski definition) is 0. The first kappa shape index (κ1) is 5.86. The lowest BCUT2D eigenvalue weighted by Gasteiger charge is -1.89. The monoisotopic (exact) mass is 93.1 g/mol. The molecule has 0 fully saturated rings. The zero-order valence-corrected chi connectivity index (χ0v) is 3.62. The number of rotatable bonds is 2. The van der Waals surface area contributed by atoms with Gasteiger partial charge in [-0.25, -0.2) is 4.39 Å². The molecule has 37 valence electrons. The highest BCUT2D eigenvalue weighted by molar-refractivity contribution is 4.68. The molecule has 0 aliphatic heterocycles. The van der Waals surface area contributed by atoms with E-state index in [0.29, 0.717) is 0 Å². The lowest BCUT2D eigenvalue weighted by molar-refractivity contribution is 0.374. The molecule has 0 aromatic carbocycles. The van der Waals surface area contributed by atoms with Crippen LogP contribution in [0.25, 0.3) is 0 Å². The van der Waals surface area contributed by atoms with Crippen LogP contribution in [0, 0.1) is 6.42 Å². The van der Waals surface area contributed by atoms with Gasteiger partial charge in [0.2, 0.25) is 0 Å². The lowest BCUT2D eigenvalue weighted by Crippen LogP contribution is -1.92. The first-order valence-corrected chi connectivity index (χ1v) is 1.80. The summed E-state index contributed by atoms with van der Waals surface area (Å²) in [6.07, 6.45) is -0.144. The van der Waals surface area contributed by atoms with E-state index in [0.717, 1.165) is 6.42 Å². The van der Waals surface area contributed by atoms with E-state index < -0.39 is 12.8 Å². The van der Waals surface area contributed by atoms with Gasteiger partial charge in [-0.15, -0.1) is 0 Å². The summed E-state index contributed by atoms with van der Waals surface area (Å²) < 4.78 is 22.4. The largest absolute Gasteiger partial charge is 0.251 e. The van der Waals surface area contributed by atoms with Crippen LogP contribution >= 0.6 is 0 Å². The van der Waals surface area contributed by atoms with Crippen LogP contribution in [0.1, 0.15) is 6.92 Å². The topological polar surface area (TPSA) is 0 Å². The van der Waals surface area contributed by atoms with Crippen molar-refractivity contribution in [2.24, 2.45) is 0 Å². The Morgan fingerprint density at radius 1 is 1.83 bits per heavy atom. The van der Waals surface area contributed by atoms with Crippen LogP contribution in [-0.4, -0.2) is 12.8 Å². The molecule has 0 N–H and O–H groups in total. The highest BCUT2D eigenvalue weighted by Gasteiger charge is 1.93. The molecular formula is C4H7F2. The van der Waals surface area contributed by atoms with Crippen molar-refractivity contribution in [2.45, 2.75) is 13.1 Å². The van der Waals surface area contributed by atoms with Gasteiger partial charge in [0.1, 0.15) is 6.17 Å². The molecule has 6 heavy (non-hydrogen) atoms. The summed E-state index contributed by atoms with van der Waals surface area (Å²) in [4.78, 5) is 0. The van der Waals surface area contributed by atoms with E-state index >= 15 is 0 Å². The van der Waals surface area contributed by atoms with Crippen molar-refractivity contribution in [1.29, 1.82) is 0 Å². The summed E-state index contributed by atoms with van der Waals surface area (Å²) in [7, 11) is 0. The highest BCUT2D eigenvalue weighted by atomic mass is 19.1. The third-order valence-corrected chi connectivity index (χ3v) is 0.414. The van der Waals surface area contributed by atoms with E-state index in [-0.39, 0.29) is 0 Å². The Bertz CT molecular complexity index is 26.7. The minimum absolute atomic E-state index is 0.669. The standard InChI is InChI=1S/C4H7F2/c1-4(6)2-3-5/h2,4H,3H2,1H3. The average molecular weight is 93.1 g/mol. The van der Waals surface area contributed by atoms with Gasteiger partial charge in [0.15, 0.2) is 0 Å². The maximum atomic E-state index is 11.4. The maximum absolute atomic E-state index is 11.4. The van der Waals surface area contributed by atoms with Gasteiger partial charge in [-0.3, -0.25) is 4.39 Å². The summed E-state index contributed by atoms with van der Waals surface area (Å²) in [6.45, 7) is 0.622. The smallest absolute Gasteiger partial charge is 0.103 e. The molecular weight excluding hydrogens is 86.0 g/mol. The first-order chi connectivity index (χ1) is 2.77. The molecule has 0 heterocycles. The van der Waals surface area contributed by atoms with Crippen molar-refractivity contribution in [3.8, 4) is 0 Å².